The summed E-state index contributed by atoms with van der Waals surface area (Å²) in [5, 5.41) is 0. The van der Waals surface area contributed by atoms with Crippen LogP contribution >= 0.6 is 0 Å². The third kappa shape index (κ3) is 0.995. The lowest BCUT2D eigenvalue weighted by molar-refractivity contribution is 0.0712. The van der Waals surface area contributed by atoms with Gasteiger partial charge in [0.2, 0.25) is 0 Å². The molecule has 0 fully saturated rings. The molecule has 0 aliphatic carbocycles. The zero-order chi connectivity index (χ0) is 9.69. The molecule has 70 valence electrons. The van der Waals surface area contributed by atoms with Gasteiger partial charge >= 0.3 is 0 Å². The maximum atomic E-state index is 5.91. The van der Waals surface area contributed by atoms with Crippen molar-refractivity contribution in [1.82, 2.24) is 0 Å². The predicted octanol–water partition coefficient (Wildman–Crippen LogP) is 3.14. The topological polar surface area (TPSA) is 9.23 Å². The second kappa shape index (κ2) is 2.28. The Hall–Kier alpha value is -0.980. The van der Waals surface area contributed by atoms with Crippen LogP contribution in [0.5, 0.6) is 5.75 Å². The third-order valence-electron chi connectivity index (χ3n) is 3.43. The van der Waals surface area contributed by atoms with Crippen LogP contribution in [0.1, 0.15) is 33.3 Å². The van der Waals surface area contributed by atoms with Gasteiger partial charge in [0.1, 0.15) is 11.4 Å². The van der Waals surface area contributed by atoms with Crippen molar-refractivity contribution in [3.63, 3.8) is 0 Å². The molecule has 0 spiro atoms. The molecular formula is C12H16O. The summed E-state index contributed by atoms with van der Waals surface area (Å²) >= 11 is 0. The molecule has 13 heavy (non-hydrogen) atoms. The smallest absolute Gasteiger partial charge is 0.124 e. The Labute approximate surface area is 79.7 Å². The van der Waals surface area contributed by atoms with Crippen molar-refractivity contribution in [2.45, 2.75) is 38.7 Å². The van der Waals surface area contributed by atoms with Gasteiger partial charge in [-0.3, -0.25) is 0 Å². The summed E-state index contributed by atoms with van der Waals surface area (Å²) in [6, 6.07) is 8.30. The average molecular weight is 176 g/mol. The Kier molecular flexibility index (Phi) is 1.51. The molecule has 1 heterocycles. The lowest BCUT2D eigenvalue weighted by Gasteiger charge is -2.33. The van der Waals surface area contributed by atoms with Crippen molar-refractivity contribution in [1.29, 1.82) is 0 Å². The van der Waals surface area contributed by atoms with Crippen molar-refractivity contribution < 1.29 is 4.74 Å². The molecule has 1 aromatic rings. The molecule has 1 heteroatoms. The zero-order valence-corrected chi connectivity index (χ0v) is 8.72. The molecule has 0 atom stereocenters. The minimum absolute atomic E-state index is 0.101. The van der Waals surface area contributed by atoms with Crippen molar-refractivity contribution in [3.8, 4) is 5.75 Å². The standard InChI is InChI=1S/C12H16O/c1-11(2)9-7-5-6-8-10(9)13-12(11,3)4/h5-8H,1-4H3. The molecule has 0 aromatic heterocycles. The van der Waals surface area contributed by atoms with E-state index in [9.17, 15) is 0 Å². The number of hydrogen-bond donors (Lipinski definition) is 0. The molecule has 0 N–H and O–H groups in total. The number of rotatable bonds is 0. The van der Waals surface area contributed by atoms with E-state index in [1.807, 2.05) is 12.1 Å². The molecule has 1 aliphatic rings. The van der Waals surface area contributed by atoms with E-state index in [2.05, 4.69) is 39.8 Å². The Balaban J connectivity index is 2.60. The molecule has 0 saturated carbocycles. The Morgan fingerprint density at radius 1 is 1.00 bits per heavy atom. The van der Waals surface area contributed by atoms with Crippen LogP contribution in [0.25, 0.3) is 0 Å². The fourth-order valence-electron chi connectivity index (χ4n) is 1.80. The largest absolute Gasteiger partial charge is 0.487 e. The first-order valence-corrected chi connectivity index (χ1v) is 4.74. The van der Waals surface area contributed by atoms with Crippen LogP contribution in [-0.2, 0) is 5.41 Å². The second-order valence-corrected chi connectivity index (χ2v) is 4.73. The molecule has 2 rings (SSSR count). The number of para-hydroxylation sites is 1. The molecule has 0 saturated heterocycles. The number of benzene rings is 1. The first kappa shape index (κ1) is 8.61. The normalized spacial score (nSPS) is 22.2. The van der Waals surface area contributed by atoms with E-state index in [0.29, 0.717) is 0 Å². The van der Waals surface area contributed by atoms with Gasteiger partial charge in [0.05, 0.1) is 0 Å². The molecular weight excluding hydrogens is 160 g/mol. The van der Waals surface area contributed by atoms with Crippen molar-refractivity contribution in [2.24, 2.45) is 0 Å². The molecule has 1 aromatic carbocycles. The van der Waals surface area contributed by atoms with Gasteiger partial charge in [-0.15, -0.1) is 0 Å². The predicted molar refractivity (Wildman–Crippen MR) is 54.2 cm³/mol. The maximum absolute atomic E-state index is 5.91. The minimum atomic E-state index is -0.101. The van der Waals surface area contributed by atoms with Crippen LogP contribution in [0.4, 0.5) is 0 Å². The lowest BCUT2D eigenvalue weighted by Crippen LogP contribution is -2.41. The molecule has 1 aliphatic heterocycles. The van der Waals surface area contributed by atoms with E-state index in [1.54, 1.807) is 0 Å². The second-order valence-electron chi connectivity index (χ2n) is 4.73. The van der Waals surface area contributed by atoms with E-state index >= 15 is 0 Å². The van der Waals surface area contributed by atoms with Gasteiger partial charge in [-0.05, 0) is 19.9 Å². The van der Waals surface area contributed by atoms with Gasteiger partial charge in [0.25, 0.3) is 0 Å². The van der Waals surface area contributed by atoms with E-state index in [-0.39, 0.29) is 11.0 Å². The Morgan fingerprint density at radius 2 is 1.62 bits per heavy atom. The average Bonchev–Trinajstić information content (AvgIpc) is 2.20. The lowest BCUT2D eigenvalue weighted by atomic mass is 9.74. The molecule has 1 nitrogen and oxygen atoms in total. The third-order valence-corrected chi connectivity index (χ3v) is 3.43. The van der Waals surface area contributed by atoms with Crippen LogP contribution < -0.4 is 4.74 Å². The van der Waals surface area contributed by atoms with Crippen LogP contribution in [-0.4, -0.2) is 5.60 Å². The first-order chi connectivity index (χ1) is 5.95. The molecule has 0 radical (unpaired) electrons. The summed E-state index contributed by atoms with van der Waals surface area (Å²) in [4.78, 5) is 0. The summed E-state index contributed by atoms with van der Waals surface area (Å²) in [5.41, 5.74) is 1.32. The van der Waals surface area contributed by atoms with E-state index in [1.165, 1.54) is 5.56 Å². The summed E-state index contributed by atoms with van der Waals surface area (Å²) in [7, 11) is 0. The molecule has 0 unspecified atom stereocenters. The van der Waals surface area contributed by atoms with E-state index in [0.717, 1.165) is 5.75 Å². The van der Waals surface area contributed by atoms with Gasteiger partial charge in [-0.25, -0.2) is 0 Å². The van der Waals surface area contributed by atoms with Crippen LogP contribution in [0.15, 0.2) is 24.3 Å². The van der Waals surface area contributed by atoms with Crippen molar-refractivity contribution >= 4 is 0 Å². The minimum Gasteiger partial charge on any atom is -0.487 e. The number of fused-ring (bicyclic) bond motifs is 1. The fourth-order valence-corrected chi connectivity index (χ4v) is 1.80. The summed E-state index contributed by atoms with van der Waals surface area (Å²) < 4.78 is 5.91. The highest BCUT2D eigenvalue weighted by atomic mass is 16.5. The van der Waals surface area contributed by atoms with E-state index < -0.39 is 0 Å². The van der Waals surface area contributed by atoms with Gasteiger partial charge in [0.15, 0.2) is 0 Å². The summed E-state index contributed by atoms with van der Waals surface area (Å²) in [6.45, 7) is 8.76. The number of hydrogen-bond acceptors (Lipinski definition) is 1. The van der Waals surface area contributed by atoms with Gasteiger partial charge in [-0.1, -0.05) is 32.0 Å². The monoisotopic (exact) mass is 176 g/mol. The summed E-state index contributed by atoms with van der Waals surface area (Å²) in [5.74, 6) is 1.04. The van der Waals surface area contributed by atoms with Crippen LogP contribution in [0.3, 0.4) is 0 Å². The van der Waals surface area contributed by atoms with Gasteiger partial charge in [0, 0.05) is 11.0 Å². The zero-order valence-electron chi connectivity index (χ0n) is 8.72. The maximum Gasteiger partial charge on any atom is 0.124 e. The highest BCUT2D eigenvalue weighted by Gasteiger charge is 2.47. The van der Waals surface area contributed by atoms with Crippen molar-refractivity contribution in [3.05, 3.63) is 29.8 Å². The highest BCUT2D eigenvalue weighted by Crippen LogP contribution is 2.48. The van der Waals surface area contributed by atoms with Crippen LogP contribution in [0.2, 0.25) is 0 Å². The van der Waals surface area contributed by atoms with Gasteiger partial charge in [-0.2, -0.15) is 0 Å². The fraction of sp³-hybridized carbons (Fsp3) is 0.500. The van der Waals surface area contributed by atoms with E-state index in [4.69, 9.17) is 4.74 Å². The molecule has 0 bridgehead atoms. The quantitative estimate of drug-likeness (QED) is 0.590. The molecule has 0 amide bonds. The van der Waals surface area contributed by atoms with Crippen LogP contribution in [0, 0.1) is 0 Å². The first-order valence-electron chi connectivity index (χ1n) is 4.74. The Bertz CT molecular complexity index is 337. The number of ether oxygens (including phenoxy) is 1. The Morgan fingerprint density at radius 3 is 2.23 bits per heavy atom. The highest BCUT2D eigenvalue weighted by molar-refractivity contribution is 5.45. The van der Waals surface area contributed by atoms with Gasteiger partial charge < -0.3 is 4.74 Å². The van der Waals surface area contributed by atoms with Crippen molar-refractivity contribution in [2.75, 3.05) is 0 Å². The SMILES string of the molecule is CC1(C)Oc2ccccc2C1(C)C. The summed E-state index contributed by atoms with van der Waals surface area (Å²) in [6.07, 6.45) is 0.